The molecule has 6 N–H and O–H groups in total. The number of carbonyl (C=O) groups is 2. The Labute approximate surface area is 188 Å². The SMILES string of the molecule is CCCCCCCCCC(C(=O)O)C(CCCCCCCCC)(C(=O)O)S(=O)(=O)O.N. The van der Waals surface area contributed by atoms with Crippen molar-refractivity contribution in [1.82, 2.24) is 6.15 Å². The fourth-order valence-electron chi connectivity index (χ4n) is 4.06. The first kappa shape index (κ1) is 32.0. The second kappa shape index (κ2) is 17.4. The number of unbranched alkanes of at least 4 members (excludes halogenated alkanes) is 12. The van der Waals surface area contributed by atoms with Crippen LogP contribution < -0.4 is 6.15 Å². The molecule has 2 unspecified atom stereocenters. The summed E-state index contributed by atoms with van der Waals surface area (Å²) in [4.78, 5) is 23.9. The van der Waals surface area contributed by atoms with E-state index in [1.165, 1.54) is 0 Å². The molecular formula is C22H45NO7S. The smallest absolute Gasteiger partial charge is 0.328 e. The molecule has 0 saturated heterocycles. The highest BCUT2D eigenvalue weighted by Crippen LogP contribution is 2.37. The van der Waals surface area contributed by atoms with Crippen LogP contribution in [0.4, 0.5) is 0 Å². The van der Waals surface area contributed by atoms with Crippen LogP contribution in [0.25, 0.3) is 0 Å². The predicted octanol–water partition coefficient (Wildman–Crippen LogP) is 5.84. The molecule has 9 heteroatoms. The summed E-state index contributed by atoms with van der Waals surface area (Å²) in [6, 6.07) is 0. The summed E-state index contributed by atoms with van der Waals surface area (Å²) in [6.45, 7) is 4.22. The fourth-order valence-corrected chi connectivity index (χ4v) is 5.26. The number of aliphatic carboxylic acids is 2. The third-order valence-electron chi connectivity index (χ3n) is 5.93. The molecule has 0 aromatic carbocycles. The Morgan fingerprint density at radius 2 is 1.13 bits per heavy atom. The van der Waals surface area contributed by atoms with Crippen LogP contribution in [0.2, 0.25) is 0 Å². The number of rotatable bonds is 20. The quantitative estimate of drug-likeness (QED) is 0.128. The Kier molecular flexibility index (Phi) is 17.9. The first-order valence-corrected chi connectivity index (χ1v) is 13.0. The van der Waals surface area contributed by atoms with E-state index in [2.05, 4.69) is 13.8 Å². The molecule has 8 nitrogen and oxygen atoms in total. The Hall–Kier alpha value is -1.19. The first-order chi connectivity index (χ1) is 14.1. The van der Waals surface area contributed by atoms with E-state index < -0.39 is 32.7 Å². The van der Waals surface area contributed by atoms with E-state index in [1.54, 1.807) is 0 Å². The van der Waals surface area contributed by atoms with E-state index in [0.29, 0.717) is 19.3 Å². The zero-order valence-electron chi connectivity index (χ0n) is 19.5. The fraction of sp³-hybridized carbons (Fsp3) is 0.909. The minimum absolute atomic E-state index is 0. The van der Waals surface area contributed by atoms with Crippen LogP contribution in [-0.4, -0.2) is 39.9 Å². The van der Waals surface area contributed by atoms with Crippen molar-refractivity contribution in [2.75, 3.05) is 0 Å². The normalized spacial score (nSPS) is 14.4. The van der Waals surface area contributed by atoms with Crippen molar-refractivity contribution in [2.24, 2.45) is 5.92 Å². The van der Waals surface area contributed by atoms with Crippen LogP contribution in [-0.2, 0) is 19.7 Å². The molecule has 0 amide bonds. The van der Waals surface area contributed by atoms with Gasteiger partial charge in [-0.2, -0.15) is 8.42 Å². The van der Waals surface area contributed by atoms with Gasteiger partial charge in [-0.3, -0.25) is 14.1 Å². The van der Waals surface area contributed by atoms with Crippen LogP contribution in [0.15, 0.2) is 0 Å². The van der Waals surface area contributed by atoms with E-state index in [-0.39, 0.29) is 25.4 Å². The van der Waals surface area contributed by atoms with Crippen LogP contribution in [0.5, 0.6) is 0 Å². The highest BCUT2D eigenvalue weighted by Gasteiger charge is 2.58. The third-order valence-corrected chi connectivity index (χ3v) is 7.52. The molecule has 0 spiro atoms. The number of carboxylic acids is 2. The lowest BCUT2D eigenvalue weighted by Crippen LogP contribution is -2.55. The van der Waals surface area contributed by atoms with Crippen molar-refractivity contribution >= 4 is 22.1 Å². The summed E-state index contributed by atoms with van der Waals surface area (Å²) in [7, 11) is -5.11. The van der Waals surface area contributed by atoms with Gasteiger partial charge in [-0.1, -0.05) is 104 Å². The summed E-state index contributed by atoms with van der Waals surface area (Å²) in [6.07, 6.45) is 11.9. The zero-order chi connectivity index (χ0) is 23.0. The highest BCUT2D eigenvalue weighted by atomic mass is 32.2. The second-order valence-corrected chi connectivity index (χ2v) is 10.0. The maximum Gasteiger partial charge on any atom is 0.328 e. The molecule has 0 rings (SSSR count). The summed E-state index contributed by atoms with van der Waals surface area (Å²) in [5, 5.41) is 19.4. The van der Waals surface area contributed by atoms with Gasteiger partial charge in [-0.05, 0) is 12.8 Å². The molecule has 186 valence electrons. The first-order valence-electron chi connectivity index (χ1n) is 11.6. The molecule has 0 radical (unpaired) electrons. The minimum Gasteiger partial charge on any atom is -0.481 e. The Bertz CT molecular complexity index is 595. The van der Waals surface area contributed by atoms with E-state index in [1.807, 2.05) is 0 Å². The van der Waals surface area contributed by atoms with E-state index >= 15 is 0 Å². The van der Waals surface area contributed by atoms with Crippen molar-refractivity contribution in [3.63, 3.8) is 0 Å². The van der Waals surface area contributed by atoms with Crippen molar-refractivity contribution < 1.29 is 32.8 Å². The van der Waals surface area contributed by atoms with Gasteiger partial charge in [-0.25, -0.2) is 0 Å². The number of carboxylic acid groups (broad SMARTS) is 2. The van der Waals surface area contributed by atoms with E-state index in [4.69, 9.17) is 0 Å². The summed E-state index contributed by atoms with van der Waals surface area (Å²) in [5.41, 5.74) is 0. The minimum atomic E-state index is -5.11. The molecule has 0 aromatic rings. The molecule has 0 aliphatic rings. The molecule has 0 saturated carbocycles. The van der Waals surface area contributed by atoms with Gasteiger partial charge >= 0.3 is 11.9 Å². The van der Waals surface area contributed by atoms with Crippen molar-refractivity contribution in [3.05, 3.63) is 0 Å². The van der Waals surface area contributed by atoms with Gasteiger partial charge in [0.2, 0.25) is 4.75 Å². The van der Waals surface area contributed by atoms with Crippen LogP contribution in [0.1, 0.15) is 117 Å². The molecule has 0 aliphatic carbocycles. The summed E-state index contributed by atoms with van der Waals surface area (Å²) < 4.78 is 31.5. The molecule has 0 aliphatic heterocycles. The lowest BCUT2D eigenvalue weighted by atomic mass is 9.82. The summed E-state index contributed by atoms with van der Waals surface area (Å²) >= 11 is 0. The van der Waals surface area contributed by atoms with Gasteiger partial charge in [0.25, 0.3) is 10.1 Å². The molecule has 31 heavy (non-hydrogen) atoms. The van der Waals surface area contributed by atoms with Crippen molar-refractivity contribution in [2.45, 2.75) is 121 Å². The van der Waals surface area contributed by atoms with Gasteiger partial charge in [0.15, 0.2) is 0 Å². The van der Waals surface area contributed by atoms with Crippen LogP contribution in [0.3, 0.4) is 0 Å². The largest absolute Gasteiger partial charge is 0.481 e. The van der Waals surface area contributed by atoms with Gasteiger partial charge in [0.05, 0.1) is 5.92 Å². The Morgan fingerprint density at radius 1 is 0.742 bits per heavy atom. The topological polar surface area (TPSA) is 164 Å². The molecule has 0 bridgehead atoms. The van der Waals surface area contributed by atoms with Crippen molar-refractivity contribution in [1.29, 1.82) is 0 Å². The van der Waals surface area contributed by atoms with Crippen molar-refractivity contribution in [3.8, 4) is 0 Å². The van der Waals surface area contributed by atoms with Gasteiger partial charge in [0, 0.05) is 0 Å². The van der Waals surface area contributed by atoms with E-state index in [9.17, 15) is 32.8 Å². The van der Waals surface area contributed by atoms with Crippen LogP contribution >= 0.6 is 0 Å². The summed E-state index contributed by atoms with van der Waals surface area (Å²) in [5.74, 6) is -4.92. The maximum atomic E-state index is 12.2. The third kappa shape index (κ3) is 11.3. The lowest BCUT2D eigenvalue weighted by molar-refractivity contribution is -0.152. The van der Waals surface area contributed by atoms with Crippen LogP contribution in [0, 0.1) is 5.92 Å². The predicted molar refractivity (Wildman–Crippen MR) is 123 cm³/mol. The monoisotopic (exact) mass is 467 g/mol. The second-order valence-electron chi connectivity index (χ2n) is 8.34. The molecule has 0 heterocycles. The average Bonchev–Trinajstić information content (AvgIpc) is 2.65. The zero-order valence-corrected chi connectivity index (χ0v) is 20.3. The standard InChI is InChI=1S/C22H42O7S.H3N/c1-3-5-7-9-11-13-15-17-19(20(23)24)22(21(25)26,30(27,28)29)18-16-14-12-10-8-6-4-2;/h19H,3-18H2,1-2H3,(H,23,24)(H,25,26)(H,27,28,29);1H3. The van der Waals surface area contributed by atoms with E-state index in [0.717, 1.165) is 64.2 Å². The molecule has 0 fully saturated rings. The molecular weight excluding hydrogens is 422 g/mol. The number of hydrogen-bond acceptors (Lipinski definition) is 5. The highest BCUT2D eigenvalue weighted by molar-refractivity contribution is 7.88. The molecule has 2 atom stereocenters. The van der Waals surface area contributed by atoms with Gasteiger partial charge < -0.3 is 16.4 Å². The Morgan fingerprint density at radius 3 is 1.48 bits per heavy atom. The average molecular weight is 468 g/mol. The molecule has 0 aromatic heterocycles. The lowest BCUT2D eigenvalue weighted by Gasteiger charge is -2.32. The number of hydrogen-bond donors (Lipinski definition) is 4. The van der Waals surface area contributed by atoms with Gasteiger partial charge in [0.1, 0.15) is 0 Å². The maximum absolute atomic E-state index is 12.2. The van der Waals surface area contributed by atoms with Gasteiger partial charge in [-0.15, -0.1) is 0 Å². The Balaban J connectivity index is 0.